The van der Waals surface area contributed by atoms with Gasteiger partial charge >= 0.3 is 5.72 Å². The number of benzene rings is 1. The summed E-state index contributed by atoms with van der Waals surface area (Å²) in [5.41, 5.74) is 0.254. The van der Waals surface area contributed by atoms with Crippen LogP contribution in [0.25, 0.3) is 0 Å². The summed E-state index contributed by atoms with van der Waals surface area (Å²) in [6.45, 7) is 1.97. The summed E-state index contributed by atoms with van der Waals surface area (Å²) in [5, 5.41) is 10.9. The van der Waals surface area contributed by atoms with Crippen LogP contribution in [0, 0.1) is 17.0 Å². The first-order valence-corrected chi connectivity index (χ1v) is 5.22. The number of nitro groups is 1. The molecule has 0 aliphatic carbocycles. The number of aliphatic imine (C=N–C) groups is 1. The summed E-state index contributed by atoms with van der Waals surface area (Å²) < 4.78 is 5.02. The smallest absolute Gasteiger partial charge is 0.403 e. The zero-order valence-corrected chi connectivity index (χ0v) is 9.37. The van der Waals surface area contributed by atoms with Gasteiger partial charge < -0.3 is 4.74 Å². The van der Waals surface area contributed by atoms with E-state index in [4.69, 9.17) is 4.74 Å². The number of ether oxygens (including phenoxy) is 1. The lowest BCUT2D eigenvalue weighted by atomic mass is 10.2. The molecule has 88 valence electrons. The van der Waals surface area contributed by atoms with Crippen LogP contribution in [0.5, 0.6) is 0 Å². The monoisotopic (exact) mass is 232 g/mol. The van der Waals surface area contributed by atoms with Crippen LogP contribution in [0.2, 0.25) is 0 Å². The molecule has 5 nitrogen and oxygen atoms in total. The Hall–Kier alpha value is -2.17. The van der Waals surface area contributed by atoms with Gasteiger partial charge in [0.25, 0.3) is 0 Å². The SMILES string of the molecule is Cc1ccc(N=CC2([N+](=O)[O-])CC=CO2)cc1. The van der Waals surface area contributed by atoms with Crippen LogP contribution < -0.4 is 0 Å². The predicted molar refractivity (Wildman–Crippen MR) is 63.9 cm³/mol. The van der Waals surface area contributed by atoms with E-state index in [1.54, 1.807) is 6.08 Å². The molecule has 1 aliphatic rings. The van der Waals surface area contributed by atoms with Crippen molar-refractivity contribution in [1.82, 2.24) is 0 Å². The fraction of sp³-hybridized carbons (Fsp3) is 0.250. The van der Waals surface area contributed by atoms with E-state index in [-0.39, 0.29) is 6.42 Å². The van der Waals surface area contributed by atoms with Gasteiger partial charge in [0.2, 0.25) is 0 Å². The molecule has 0 spiro atoms. The zero-order chi connectivity index (χ0) is 12.3. The van der Waals surface area contributed by atoms with Gasteiger partial charge in [-0.15, -0.1) is 0 Å². The molecule has 0 bridgehead atoms. The first-order valence-electron chi connectivity index (χ1n) is 5.22. The van der Waals surface area contributed by atoms with E-state index in [1.165, 1.54) is 12.5 Å². The third kappa shape index (κ3) is 2.33. The van der Waals surface area contributed by atoms with Crippen LogP contribution >= 0.6 is 0 Å². The van der Waals surface area contributed by atoms with Crippen molar-refractivity contribution in [3.8, 4) is 0 Å². The first kappa shape index (κ1) is 11.3. The van der Waals surface area contributed by atoms with Gasteiger partial charge in [-0.05, 0) is 25.1 Å². The average molecular weight is 232 g/mol. The van der Waals surface area contributed by atoms with E-state index in [1.807, 2.05) is 31.2 Å². The highest BCUT2D eigenvalue weighted by atomic mass is 16.7. The third-order valence-corrected chi connectivity index (χ3v) is 2.54. The van der Waals surface area contributed by atoms with E-state index >= 15 is 0 Å². The van der Waals surface area contributed by atoms with Crippen molar-refractivity contribution in [3.05, 3.63) is 52.3 Å². The lowest BCUT2D eigenvalue weighted by Gasteiger charge is -2.13. The Kier molecular flexibility index (Phi) is 2.91. The van der Waals surface area contributed by atoms with Crippen LogP contribution in [-0.4, -0.2) is 16.9 Å². The molecule has 1 unspecified atom stereocenters. The van der Waals surface area contributed by atoms with E-state index < -0.39 is 10.6 Å². The minimum Gasteiger partial charge on any atom is -0.432 e. The van der Waals surface area contributed by atoms with Crippen molar-refractivity contribution in [3.63, 3.8) is 0 Å². The fourth-order valence-corrected chi connectivity index (χ4v) is 1.49. The Bertz CT molecular complexity index is 469. The number of nitrogens with zero attached hydrogens (tertiary/aromatic N) is 2. The van der Waals surface area contributed by atoms with Crippen molar-refractivity contribution in [2.24, 2.45) is 4.99 Å². The maximum atomic E-state index is 10.9. The molecule has 0 radical (unpaired) electrons. The molecule has 2 rings (SSSR count). The summed E-state index contributed by atoms with van der Waals surface area (Å²) in [7, 11) is 0. The molecular weight excluding hydrogens is 220 g/mol. The van der Waals surface area contributed by atoms with Crippen LogP contribution in [0.15, 0.2) is 41.6 Å². The van der Waals surface area contributed by atoms with Crippen molar-refractivity contribution < 1.29 is 9.66 Å². The molecule has 1 aromatic rings. The fourth-order valence-electron chi connectivity index (χ4n) is 1.49. The molecular formula is C12H12N2O3. The molecule has 1 aromatic carbocycles. The van der Waals surface area contributed by atoms with Gasteiger partial charge in [-0.2, -0.15) is 0 Å². The zero-order valence-electron chi connectivity index (χ0n) is 9.37. The summed E-state index contributed by atoms with van der Waals surface area (Å²) in [6, 6.07) is 7.42. The number of aryl methyl sites for hydroxylation is 1. The molecule has 0 aromatic heterocycles. The molecule has 1 heterocycles. The van der Waals surface area contributed by atoms with Crippen LogP contribution in [0.3, 0.4) is 0 Å². The largest absolute Gasteiger partial charge is 0.432 e. The van der Waals surface area contributed by atoms with E-state index in [0.29, 0.717) is 5.69 Å². The molecule has 0 saturated heterocycles. The van der Waals surface area contributed by atoms with Crippen LogP contribution in [-0.2, 0) is 4.74 Å². The normalized spacial score (nSPS) is 22.9. The highest BCUT2D eigenvalue weighted by Gasteiger charge is 2.44. The second-order valence-corrected chi connectivity index (χ2v) is 3.89. The van der Waals surface area contributed by atoms with Gasteiger partial charge in [0.1, 0.15) is 6.21 Å². The summed E-state index contributed by atoms with van der Waals surface area (Å²) in [4.78, 5) is 14.6. The Morgan fingerprint density at radius 2 is 2.18 bits per heavy atom. The predicted octanol–water partition coefficient (Wildman–Crippen LogP) is 2.60. The summed E-state index contributed by atoms with van der Waals surface area (Å²) in [5.74, 6) is 0. The van der Waals surface area contributed by atoms with Gasteiger partial charge in [0.05, 0.1) is 23.3 Å². The lowest BCUT2D eigenvalue weighted by molar-refractivity contribution is -0.592. The number of hydrogen-bond donors (Lipinski definition) is 0. The molecule has 0 N–H and O–H groups in total. The molecule has 1 atom stereocenters. The molecule has 5 heteroatoms. The Morgan fingerprint density at radius 1 is 1.47 bits per heavy atom. The molecule has 17 heavy (non-hydrogen) atoms. The maximum absolute atomic E-state index is 10.9. The second kappa shape index (κ2) is 4.37. The Labute approximate surface area is 98.6 Å². The molecule has 0 amide bonds. The quantitative estimate of drug-likeness (QED) is 0.457. The number of hydrogen-bond acceptors (Lipinski definition) is 4. The number of rotatable bonds is 3. The van der Waals surface area contributed by atoms with Gasteiger partial charge in [0.15, 0.2) is 0 Å². The first-order chi connectivity index (χ1) is 8.12. The highest BCUT2D eigenvalue weighted by Crippen LogP contribution is 2.23. The third-order valence-electron chi connectivity index (χ3n) is 2.54. The van der Waals surface area contributed by atoms with Crippen molar-refractivity contribution in [1.29, 1.82) is 0 Å². The van der Waals surface area contributed by atoms with Gasteiger partial charge in [-0.1, -0.05) is 17.7 Å². The van der Waals surface area contributed by atoms with Crippen LogP contribution in [0.1, 0.15) is 12.0 Å². The minimum atomic E-state index is -1.54. The minimum absolute atomic E-state index is 0.204. The molecule has 0 saturated carbocycles. The summed E-state index contributed by atoms with van der Waals surface area (Å²) in [6.07, 6.45) is 4.40. The summed E-state index contributed by atoms with van der Waals surface area (Å²) >= 11 is 0. The van der Waals surface area contributed by atoms with E-state index in [9.17, 15) is 10.1 Å². The van der Waals surface area contributed by atoms with Crippen molar-refractivity contribution >= 4 is 11.9 Å². The van der Waals surface area contributed by atoms with Gasteiger partial charge in [0, 0.05) is 0 Å². The topological polar surface area (TPSA) is 64.7 Å². The van der Waals surface area contributed by atoms with Crippen molar-refractivity contribution in [2.45, 2.75) is 19.1 Å². The van der Waals surface area contributed by atoms with Crippen molar-refractivity contribution in [2.75, 3.05) is 0 Å². The van der Waals surface area contributed by atoms with E-state index in [2.05, 4.69) is 4.99 Å². The molecule has 0 fully saturated rings. The Morgan fingerprint density at radius 3 is 2.71 bits per heavy atom. The lowest BCUT2D eigenvalue weighted by Crippen LogP contribution is -2.39. The maximum Gasteiger partial charge on any atom is 0.403 e. The van der Waals surface area contributed by atoms with E-state index in [0.717, 1.165) is 5.56 Å². The average Bonchev–Trinajstić information content (AvgIpc) is 2.78. The second-order valence-electron chi connectivity index (χ2n) is 3.89. The Balaban J connectivity index is 2.19. The van der Waals surface area contributed by atoms with Gasteiger partial charge in [-0.3, -0.25) is 10.1 Å². The van der Waals surface area contributed by atoms with Crippen LogP contribution in [0.4, 0.5) is 5.69 Å². The molecule has 1 aliphatic heterocycles. The standard InChI is InChI=1S/C12H12N2O3/c1-10-3-5-11(6-4-10)13-9-12(14(15)16)7-2-8-17-12/h2-6,8-9H,7H2,1H3. The highest BCUT2D eigenvalue weighted by molar-refractivity contribution is 5.71. The van der Waals surface area contributed by atoms with Gasteiger partial charge in [-0.25, -0.2) is 4.99 Å².